The van der Waals surface area contributed by atoms with Crippen LogP contribution in [0.3, 0.4) is 0 Å². The summed E-state index contributed by atoms with van der Waals surface area (Å²) in [5.74, 6) is 0.123. The maximum atomic E-state index is 12.3. The Morgan fingerprint density at radius 1 is 1.20 bits per heavy atom. The van der Waals surface area contributed by atoms with E-state index < -0.39 is 0 Å². The molecule has 2 heterocycles. The highest BCUT2D eigenvalue weighted by Crippen LogP contribution is 2.25. The van der Waals surface area contributed by atoms with Crippen molar-refractivity contribution in [3.63, 3.8) is 0 Å². The molecule has 0 radical (unpaired) electrons. The zero-order chi connectivity index (χ0) is 17.5. The molecule has 1 aromatic heterocycles. The van der Waals surface area contributed by atoms with Gasteiger partial charge >= 0.3 is 0 Å². The summed E-state index contributed by atoms with van der Waals surface area (Å²) in [4.78, 5) is 18.4. The van der Waals surface area contributed by atoms with Gasteiger partial charge in [-0.3, -0.25) is 4.79 Å². The fourth-order valence-electron chi connectivity index (χ4n) is 3.42. The van der Waals surface area contributed by atoms with Crippen LogP contribution in [0.25, 0.3) is 0 Å². The summed E-state index contributed by atoms with van der Waals surface area (Å²) in [5.41, 5.74) is 3.44. The van der Waals surface area contributed by atoms with Gasteiger partial charge in [-0.1, -0.05) is 31.4 Å². The molecule has 1 aromatic carbocycles. The number of carbonyl (C=O) groups excluding carboxylic acids is 1. The third-order valence-electron chi connectivity index (χ3n) is 4.80. The second-order valence-corrected chi connectivity index (χ2v) is 6.81. The number of hydrogen-bond acceptors (Lipinski definition) is 3. The van der Waals surface area contributed by atoms with Crippen molar-refractivity contribution in [1.29, 1.82) is 0 Å². The highest BCUT2D eigenvalue weighted by molar-refractivity contribution is 5.92. The molecule has 0 unspecified atom stereocenters. The zero-order valence-corrected chi connectivity index (χ0v) is 15.1. The molecule has 134 valence electrons. The van der Waals surface area contributed by atoms with E-state index in [1.807, 2.05) is 22.0 Å². The first-order valence-corrected chi connectivity index (χ1v) is 9.30. The van der Waals surface area contributed by atoms with Gasteiger partial charge in [0.25, 0.3) is 0 Å². The summed E-state index contributed by atoms with van der Waals surface area (Å²) in [6.07, 6.45) is 11.6. The molecule has 1 amide bonds. The summed E-state index contributed by atoms with van der Waals surface area (Å²) in [6.45, 7) is 5.09. The van der Waals surface area contributed by atoms with Gasteiger partial charge in [0, 0.05) is 44.6 Å². The van der Waals surface area contributed by atoms with Crippen molar-refractivity contribution >= 4 is 11.6 Å². The van der Waals surface area contributed by atoms with Crippen LogP contribution in [0.2, 0.25) is 0 Å². The number of nitrogens with zero attached hydrogens (tertiary/aromatic N) is 3. The first kappa shape index (κ1) is 17.7. The van der Waals surface area contributed by atoms with Crippen LogP contribution in [0.15, 0.2) is 36.9 Å². The van der Waals surface area contributed by atoms with Gasteiger partial charge in [-0.15, -0.1) is 0 Å². The summed E-state index contributed by atoms with van der Waals surface area (Å²) in [6, 6.07) is 6.49. The lowest BCUT2D eigenvalue weighted by Gasteiger charge is -2.26. The van der Waals surface area contributed by atoms with Crippen LogP contribution >= 0.6 is 0 Å². The van der Waals surface area contributed by atoms with Crippen LogP contribution in [0.5, 0.6) is 0 Å². The number of anilines is 1. The average molecular weight is 340 g/mol. The number of aromatic nitrogens is 2. The van der Waals surface area contributed by atoms with E-state index in [1.54, 1.807) is 13.1 Å². The largest absolute Gasteiger partial charge is 0.333 e. The Hall–Kier alpha value is -2.14. The molecule has 5 heteroatoms. The van der Waals surface area contributed by atoms with E-state index in [0.717, 1.165) is 38.3 Å². The maximum absolute atomic E-state index is 12.3. The number of amides is 1. The molecule has 5 nitrogen and oxygen atoms in total. The van der Waals surface area contributed by atoms with Gasteiger partial charge in [0.1, 0.15) is 0 Å². The number of carbonyl (C=O) groups is 1. The van der Waals surface area contributed by atoms with Crippen molar-refractivity contribution in [1.82, 2.24) is 14.9 Å². The van der Waals surface area contributed by atoms with Crippen molar-refractivity contribution < 1.29 is 4.79 Å². The Bertz CT molecular complexity index is 681. The zero-order valence-electron chi connectivity index (χ0n) is 15.1. The molecule has 1 N–H and O–H groups in total. The van der Waals surface area contributed by atoms with Crippen LogP contribution in [0.1, 0.15) is 50.2 Å². The van der Waals surface area contributed by atoms with Crippen LogP contribution in [-0.2, 0) is 17.9 Å². The third-order valence-corrected chi connectivity index (χ3v) is 4.80. The molecule has 3 rings (SSSR count). The molecule has 0 aliphatic carbocycles. The Morgan fingerprint density at radius 3 is 2.84 bits per heavy atom. The highest BCUT2D eigenvalue weighted by atomic mass is 16.2. The first-order chi connectivity index (χ1) is 12.2. The van der Waals surface area contributed by atoms with Crippen LogP contribution < -0.4 is 10.2 Å². The molecular weight excluding hydrogens is 312 g/mol. The van der Waals surface area contributed by atoms with Crippen LogP contribution in [0, 0.1) is 0 Å². The lowest BCUT2D eigenvalue weighted by molar-refractivity contribution is -0.116. The molecule has 0 bridgehead atoms. The highest BCUT2D eigenvalue weighted by Gasteiger charge is 2.16. The Labute approximate surface area is 150 Å². The van der Waals surface area contributed by atoms with Gasteiger partial charge < -0.3 is 14.8 Å². The topological polar surface area (TPSA) is 50.2 Å². The minimum absolute atomic E-state index is 0.123. The molecule has 25 heavy (non-hydrogen) atoms. The molecule has 0 atom stereocenters. The standard InChI is InChI=1S/C20H28N4O/c1-17(25)24-11-6-4-2-3-5-9-21-14-19-8-7-18(13-20(19)24)15-23-12-10-22-16-23/h7-8,10,12-13,16,21H,2-6,9,11,14-15H2,1H3. The molecule has 0 saturated carbocycles. The van der Waals surface area contributed by atoms with Crippen LogP contribution in [-0.4, -0.2) is 28.5 Å². The fraction of sp³-hybridized carbons (Fsp3) is 0.500. The normalized spacial score (nSPS) is 16.6. The van der Waals surface area contributed by atoms with Gasteiger partial charge in [-0.05, 0) is 36.6 Å². The maximum Gasteiger partial charge on any atom is 0.223 e. The second-order valence-electron chi connectivity index (χ2n) is 6.81. The Morgan fingerprint density at radius 2 is 2.04 bits per heavy atom. The number of benzene rings is 1. The summed E-state index contributed by atoms with van der Waals surface area (Å²) >= 11 is 0. The number of rotatable bonds is 2. The molecular formula is C20H28N4O. The van der Waals surface area contributed by atoms with E-state index in [2.05, 4.69) is 28.5 Å². The smallest absolute Gasteiger partial charge is 0.223 e. The van der Waals surface area contributed by atoms with Crippen molar-refractivity contribution in [3.05, 3.63) is 48.0 Å². The lowest BCUT2D eigenvalue weighted by Crippen LogP contribution is -2.31. The van der Waals surface area contributed by atoms with E-state index in [1.165, 1.54) is 36.8 Å². The predicted molar refractivity (Wildman–Crippen MR) is 101 cm³/mol. The predicted octanol–water partition coefficient (Wildman–Crippen LogP) is 3.34. The molecule has 1 aliphatic heterocycles. The lowest BCUT2D eigenvalue weighted by atomic mass is 10.1. The molecule has 2 aromatic rings. The van der Waals surface area contributed by atoms with E-state index >= 15 is 0 Å². The van der Waals surface area contributed by atoms with E-state index in [0.29, 0.717) is 0 Å². The number of imidazole rings is 1. The van der Waals surface area contributed by atoms with Crippen molar-refractivity contribution in [3.8, 4) is 0 Å². The van der Waals surface area contributed by atoms with Crippen LogP contribution in [0.4, 0.5) is 5.69 Å². The van der Waals surface area contributed by atoms with Gasteiger partial charge in [0.05, 0.1) is 6.33 Å². The SMILES string of the molecule is CC(=O)N1CCCCCCCNCc2ccc(Cn3ccnc3)cc21. The van der Waals surface area contributed by atoms with Gasteiger partial charge in [0.15, 0.2) is 0 Å². The first-order valence-electron chi connectivity index (χ1n) is 9.30. The van der Waals surface area contributed by atoms with Gasteiger partial charge in [-0.2, -0.15) is 0 Å². The summed E-state index contributed by atoms with van der Waals surface area (Å²) < 4.78 is 2.05. The number of nitrogens with one attached hydrogen (secondary N) is 1. The van der Waals surface area contributed by atoms with Gasteiger partial charge in [0.2, 0.25) is 5.91 Å². The number of fused-ring (bicyclic) bond motifs is 1. The molecule has 0 fully saturated rings. The third kappa shape index (κ3) is 4.92. The monoisotopic (exact) mass is 340 g/mol. The molecule has 0 saturated heterocycles. The molecule has 1 aliphatic rings. The number of hydrogen-bond donors (Lipinski definition) is 1. The minimum atomic E-state index is 0.123. The van der Waals surface area contributed by atoms with E-state index in [9.17, 15) is 4.79 Å². The van der Waals surface area contributed by atoms with Crippen molar-refractivity contribution in [2.45, 2.75) is 52.1 Å². The van der Waals surface area contributed by atoms with E-state index in [-0.39, 0.29) is 5.91 Å². The Kier molecular flexibility index (Phi) is 6.23. The molecule has 0 spiro atoms. The second kappa shape index (κ2) is 8.81. The Balaban J connectivity index is 1.88. The minimum Gasteiger partial charge on any atom is -0.333 e. The summed E-state index contributed by atoms with van der Waals surface area (Å²) in [7, 11) is 0. The van der Waals surface area contributed by atoms with Gasteiger partial charge in [-0.25, -0.2) is 4.98 Å². The quantitative estimate of drug-likeness (QED) is 0.912. The average Bonchev–Trinajstić information content (AvgIpc) is 3.09. The fourth-order valence-corrected chi connectivity index (χ4v) is 3.42. The van der Waals surface area contributed by atoms with Crippen molar-refractivity contribution in [2.75, 3.05) is 18.0 Å². The van der Waals surface area contributed by atoms with E-state index in [4.69, 9.17) is 0 Å². The summed E-state index contributed by atoms with van der Waals surface area (Å²) in [5, 5.41) is 3.53. The van der Waals surface area contributed by atoms with Crippen molar-refractivity contribution in [2.24, 2.45) is 0 Å².